The number of rotatable bonds is 7. The zero-order valence-corrected chi connectivity index (χ0v) is 11.3. The van der Waals surface area contributed by atoms with Crippen molar-refractivity contribution < 1.29 is 19.4 Å². The maximum atomic E-state index is 12.3. The average molecular weight is 268 g/mol. The van der Waals surface area contributed by atoms with Crippen molar-refractivity contribution in [2.45, 2.75) is 0 Å². The molecule has 6 nitrogen and oxygen atoms in total. The number of aliphatic hydroxyl groups is 1. The van der Waals surface area contributed by atoms with Crippen LogP contribution in [0.1, 0.15) is 10.4 Å². The number of carbonyl (C=O) groups is 1. The predicted octanol–water partition coefficient (Wildman–Crippen LogP) is 0.358. The normalized spacial score (nSPS) is 10.3. The Kier molecular flexibility index (Phi) is 6.11. The minimum atomic E-state index is -0.230. The highest BCUT2D eigenvalue weighted by Gasteiger charge is 2.17. The summed E-state index contributed by atoms with van der Waals surface area (Å²) in [4.78, 5) is 13.8. The van der Waals surface area contributed by atoms with Crippen molar-refractivity contribution in [3.05, 3.63) is 23.8 Å². The second-order valence-electron chi connectivity index (χ2n) is 3.96. The second kappa shape index (κ2) is 7.60. The lowest BCUT2D eigenvalue weighted by atomic mass is 10.1. The van der Waals surface area contributed by atoms with E-state index in [9.17, 15) is 4.79 Å². The number of amides is 1. The van der Waals surface area contributed by atoms with Gasteiger partial charge in [-0.05, 0) is 12.1 Å². The zero-order chi connectivity index (χ0) is 14.3. The molecule has 3 N–H and O–H groups in total. The molecule has 0 spiro atoms. The molecule has 0 heterocycles. The fourth-order valence-corrected chi connectivity index (χ4v) is 1.67. The molecule has 19 heavy (non-hydrogen) atoms. The number of hydrogen-bond acceptors (Lipinski definition) is 5. The first-order chi connectivity index (χ1) is 9.13. The smallest absolute Gasteiger partial charge is 0.256 e. The van der Waals surface area contributed by atoms with Crippen LogP contribution in [-0.4, -0.2) is 56.4 Å². The zero-order valence-electron chi connectivity index (χ0n) is 11.3. The molecule has 0 bridgehead atoms. The highest BCUT2D eigenvalue weighted by Crippen LogP contribution is 2.21. The summed E-state index contributed by atoms with van der Waals surface area (Å²) in [5, 5.41) is 9.00. The summed E-state index contributed by atoms with van der Waals surface area (Å²) < 4.78 is 9.98. The van der Waals surface area contributed by atoms with Crippen LogP contribution in [0.25, 0.3) is 0 Å². The number of anilines is 1. The molecule has 0 aliphatic heterocycles. The third-order valence-corrected chi connectivity index (χ3v) is 2.71. The Morgan fingerprint density at radius 3 is 2.63 bits per heavy atom. The molecule has 0 aliphatic carbocycles. The molecular formula is C13H20N2O4. The lowest BCUT2D eigenvalue weighted by Crippen LogP contribution is -2.36. The number of methoxy groups -OCH3 is 2. The van der Waals surface area contributed by atoms with E-state index in [1.807, 2.05) is 0 Å². The van der Waals surface area contributed by atoms with E-state index in [0.717, 1.165) is 0 Å². The third kappa shape index (κ3) is 4.11. The number of hydrogen-bond donors (Lipinski definition) is 2. The first kappa shape index (κ1) is 15.3. The van der Waals surface area contributed by atoms with Crippen LogP contribution in [0.3, 0.4) is 0 Å². The molecule has 0 atom stereocenters. The van der Waals surface area contributed by atoms with Crippen molar-refractivity contribution in [3.8, 4) is 5.75 Å². The Balaban J connectivity index is 2.89. The van der Waals surface area contributed by atoms with Gasteiger partial charge in [0, 0.05) is 32.0 Å². The van der Waals surface area contributed by atoms with Crippen LogP contribution in [-0.2, 0) is 4.74 Å². The topological polar surface area (TPSA) is 85.0 Å². The number of carbonyl (C=O) groups excluding carboxylic acids is 1. The van der Waals surface area contributed by atoms with E-state index < -0.39 is 0 Å². The maximum Gasteiger partial charge on any atom is 0.256 e. The highest BCUT2D eigenvalue weighted by molar-refractivity contribution is 5.99. The lowest BCUT2D eigenvalue weighted by molar-refractivity contribution is 0.0657. The highest BCUT2D eigenvalue weighted by atomic mass is 16.5. The van der Waals surface area contributed by atoms with Gasteiger partial charge in [0.1, 0.15) is 5.75 Å². The van der Waals surface area contributed by atoms with Crippen molar-refractivity contribution >= 4 is 11.6 Å². The number of nitrogens with two attached hydrogens (primary N) is 1. The summed E-state index contributed by atoms with van der Waals surface area (Å²) in [6.07, 6.45) is 0. The average Bonchev–Trinajstić information content (AvgIpc) is 2.42. The molecule has 0 fully saturated rings. The van der Waals surface area contributed by atoms with E-state index in [2.05, 4.69) is 0 Å². The van der Waals surface area contributed by atoms with Crippen molar-refractivity contribution in [2.75, 3.05) is 46.3 Å². The van der Waals surface area contributed by atoms with Crippen LogP contribution < -0.4 is 10.5 Å². The quantitative estimate of drug-likeness (QED) is 0.697. The second-order valence-corrected chi connectivity index (χ2v) is 3.96. The summed E-state index contributed by atoms with van der Waals surface area (Å²) in [5.41, 5.74) is 6.58. The Labute approximate surface area is 112 Å². The number of aliphatic hydroxyl groups excluding tert-OH is 1. The summed E-state index contributed by atoms with van der Waals surface area (Å²) in [6.45, 7) is 0.947. The Morgan fingerprint density at radius 1 is 1.37 bits per heavy atom. The van der Waals surface area contributed by atoms with Crippen LogP contribution in [0.5, 0.6) is 5.75 Å². The van der Waals surface area contributed by atoms with E-state index in [4.69, 9.17) is 20.3 Å². The summed E-state index contributed by atoms with van der Waals surface area (Å²) >= 11 is 0. The van der Waals surface area contributed by atoms with Gasteiger partial charge in [-0.3, -0.25) is 4.79 Å². The summed E-state index contributed by atoms with van der Waals surface area (Å²) in [7, 11) is 3.09. The van der Waals surface area contributed by atoms with Gasteiger partial charge in [0.2, 0.25) is 0 Å². The lowest BCUT2D eigenvalue weighted by Gasteiger charge is -2.22. The van der Waals surface area contributed by atoms with E-state index in [-0.39, 0.29) is 19.1 Å². The van der Waals surface area contributed by atoms with Gasteiger partial charge < -0.3 is 25.2 Å². The van der Waals surface area contributed by atoms with Crippen LogP contribution in [0.15, 0.2) is 18.2 Å². The number of nitrogen functional groups attached to an aromatic ring is 1. The van der Waals surface area contributed by atoms with Gasteiger partial charge >= 0.3 is 0 Å². The molecule has 1 rings (SSSR count). The van der Waals surface area contributed by atoms with E-state index in [1.165, 1.54) is 12.0 Å². The number of ether oxygens (including phenoxy) is 2. The van der Waals surface area contributed by atoms with Crippen LogP contribution >= 0.6 is 0 Å². The van der Waals surface area contributed by atoms with Crippen molar-refractivity contribution in [1.29, 1.82) is 0 Å². The monoisotopic (exact) mass is 268 g/mol. The van der Waals surface area contributed by atoms with Gasteiger partial charge in [0.05, 0.1) is 25.9 Å². The van der Waals surface area contributed by atoms with Gasteiger partial charge in [0.25, 0.3) is 5.91 Å². The molecule has 0 aliphatic rings. The Hall–Kier alpha value is -1.79. The van der Waals surface area contributed by atoms with E-state index in [1.54, 1.807) is 25.3 Å². The molecular weight excluding hydrogens is 248 g/mol. The first-order valence-electron chi connectivity index (χ1n) is 5.96. The Bertz CT molecular complexity index is 423. The molecule has 1 aromatic carbocycles. The van der Waals surface area contributed by atoms with E-state index >= 15 is 0 Å². The minimum Gasteiger partial charge on any atom is -0.497 e. The van der Waals surface area contributed by atoms with Gasteiger partial charge in [-0.15, -0.1) is 0 Å². The molecule has 1 amide bonds. The van der Waals surface area contributed by atoms with Gasteiger partial charge in [-0.25, -0.2) is 0 Å². The van der Waals surface area contributed by atoms with Gasteiger partial charge in [-0.1, -0.05) is 0 Å². The van der Waals surface area contributed by atoms with Gasteiger partial charge in [0.15, 0.2) is 0 Å². The Morgan fingerprint density at radius 2 is 2.11 bits per heavy atom. The van der Waals surface area contributed by atoms with Gasteiger partial charge in [-0.2, -0.15) is 0 Å². The number of benzene rings is 1. The molecule has 6 heteroatoms. The molecule has 106 valence electrons. The molecule has 0 unspecified atom stereocenters. The van der Waals surface area contributed by atoms with Crippen molar-refractivity contribution in [3.63, 3.8) is 0 Å². The molecule has 0 saturated carbocycles. The van der Waals surface area contributed by atoms with Crippen molar-refractivity contribution in [2.24, 2.45) is 0 Å². The maximum absolute atomic E-state index is 12.3. The van der Waals surface area contributed by atoms with Crippen molar-refractivity contribution in [1.82, 2.24) is 4.90 Å². The summed E-state index contributed by atoms with van der Waals surface area (Å²) in [6, 6.07) is 4.89. The molecule has 1 aromatic rings. The molecule has 0 saturated heterocycles. The minimum absolute atomic E-state index is 0.106. The van der Waals surface area contributed by atoms with Crippen LogP contribution in [0.2, 0.25) is 0 Å². The summed E-state index contributed by atoms with van der Waals surface area (Å²) in [5.74, 6) is 0.367. The first-order valence-corrected chi connectivity index (χ1v) is 5.96. The van der Waals surface area contributed by atoms with Crippen LogP contribution in [0.4, 0.5) is 5.69 Å². The van der Waals surface area contributed by atoms with E-state index in [0.29, 0.717) is 30.2 Å². The van der Waals surface area contributed by atoms with Crippen LogP contribution in [0, 0.1) is 0 Å². The predicted molar refractivity (Wildman–Crippen MR) is 72.3 cm³/mol. The standard InChI is InChI=1S/C13H20N2O4/c1-18-8-6-15(5-7-16)13(17)11-4-3-10(19-2)9-12(11)14/h3-4,9,16H,5-8,14H2,1-2H3. The number of nitrogens with zero attached hydrogens (tertiary/aromatic N) is 1. The SMILES string of the molecule is COCCN(CCO)C(=O)c1ccc(OC)cc1N. The fourth-order valence-electron chi connectivity index (χ4n) is 1.67. The molecule has 0 radical (unpaired) electrons. The largest absolute Gasteiger partial charge is 0.497 e. The fraction of sp³-hybridized carbons (Fsp3) is 0.462. The third-order valence-electron chi connectivity index (χ3n) is 2.71. The molecule has 0 aromatic heterocycles.